The number of fused-ring (bicyclic) bond motifs is 1. The Morgan fingerprint density at radius 1 is 1.00 bits per heavy atom. The molecule has 0 aliphatic rings. The highest BCUT2D eigenvalue weighted by Crippen LogP contribution is 2.29. The van der Waals surface area contributed by atoms with Crippen LogP contribution >= 0.6 is 0 Å². The molecular formula is C18H15N5. The first-order valence-corrected chi connectivity index (χ1v) is 7.36. The zero-order valence-electron chi connectivity index (χ0n) is 12.6. The molecule has 0 saturated carbocycles. The predicted molar refractivity (Wildman–Crippen MR) is 91.5 cm³/mol. The van der Waals surface area contributed by atoms with E-state index in [1.54, 1.807) is 18.6 Å². The maximum Gasteiger partial charge on any atom is 0.227 e. The maximum absolute atomic E-state index is 4.64. The number of nitrogens with one attached hydrogen (secondary N) is 1. The van der Waals surface area contributed by atoms with Gasteiger partial charge in [-0.3, -0.25) is 4.98 Å². The number of anilines is 2. The van der Waals surface area contributed by atoms with Crippen molar-refractivity contribution in [3.8, 4) is 11.3 Å². The van der Waals surface area contributed by atoms with Crippen LogP contribution in [0.3, 0.4) is 0 Å². The van der Waals surface area contributed by atoms with E-state index in [-0.39, 0.29) is 0 Å². The molecule has 4 aromatic rings. The average molecular weight is 301 g/mol. The lowest BCUT2D eigenvalue weighted by Gasteiger charge is -2.05. The Bertz CT molecular complexity index is 959. The largest absolute Gasteiger partial charge is 0.350 e. The monoisotopic (exact) mass is 301 g/mol. The molecule has 5 nitrogen and oxygen atoms in total. The highest BCUT2D eigenvalue weighted by atomic mass is 15.1. The van der Waals surface area contributed by atoms with Crippen LogP contribution in [-0.2, 0) is 7.05 Å². The molecule has 1 aromatic carbocycles. The van der Waals surface area contributed by atoms with E-state index < -0.39 is 0 Å². The summed E-state index contributed by atoms with van der Waals surface area (Å²) in [6, 6.07) is 14.0. The van der Waals surface area contributed by atoms with Crippen molar-refractivity contribution in [2.45, 2.75) is 0 Å². The normalized spacial score (nSPS) is 10.8. The van der Waals surface area contributed by atoms with E-state index in [1.807, 2.05) is 37.4 Å². The van der Waals surface area contributed by atoms with Crippen molar-refractivity contribution in [1.82, 2.24) is 19.5 Å². The number of hydrogen-bond donors (Lipinski definition) is 1. The minimum atomic E-state index is 0.559. The molecular weight excluding hydrogens is 286 g/mol. The molecule has 0 bridgehead atoms. The zero-order valence-corrected chi connectivity index (χ0v) is 12.6. The molecule has 0 aliphatic carbocycles. The fourth-order valence-corrected chi connectivity index (χ4v) is 2.68. The molecule has 0 saturated heterocycles. The molecule has 5 heteroatoms. The maximum atomic E-state index is 4.64. The van der Waals surface area contributed by atoms with E-state index in [0.717, 1.165) is 16.9 Å². The van der Waals surface area contributed by atoms with Crippen LogP contribution < -0.4 is 5.32 Å². The summed E-state index contributed by atoms with van der Waals surface area (Å²) in [6.07, 6.45) is 7.34. The van der Waals surface area contributed by atoms with Crippen molar-refractivity contribution in [3.05, 3.63) is 67.3 Å². The lowest BCUT2D eigenvalue weighted by molar-refractivity contribution is 0.969. The van der Waals surface area contributed by atoms with Gasteiger partial charge in [0.25, 0.3) is 0 Å². The number of benzene rings is 1. The molecule has 0 aliphatic heterocycles. The number of rotatable bonds is 3. The fourth-order valence-electron chi connectivity index (χ4n) is 2.68. The van der Waals surface area contributed by atoms with E-state index in [0.29, 0.717) is 5.95 Å². The first-order chi connectivity index (χ1) is 11.3. The number of nitrogens with zero attached hydrogens (tertiary/aromatic N) is 4. The first-order valence-electron chi connectivity index (χ1n) is 7.36. The molecule has 0 atom stereocenters. The van der Waals surface area contributed by atoms with Crippen LogP contribution in [-0.4, -0.2) is 19.5 Å². The Labute approximate surface area is 133 Å². The van der Waals surface area contributed by atoms with Gasteiger partial charge in [-0.25, -0.2) is 9.97 Å². The minimum absolute atomic E-state index is 0.559. The molecule has 0 unspecified atom stereocenters. The van der Waals surface area contributed by atoms with Crippen LogP contribution in [0.5, 0.6) is 0 Å². The van der Waals surface area contributed by atoms with Gasteiger partial charge in [0.15, 0.2) is 0 Å². The minimum Gasteiger partial charge on any atom is -0.350 e. The Morgan fingerprint density at radius 2 is 1.91 bits per heavy atom. The second-order valence-corrected chi connectivity index (χ2v) is 5.30. The van der Waals surface area contributed by atoms with E-state index in [1.165, 1.54) is 10.9 Å². The van der Waals surface area contributed by atoms with Gasteiger partial charge in [0.05, 0.1) is 17.6 Å². The van der Waals surface area contributed by atoms with Gasteiger partial charge < -0.3 is 9.88 Å². The number of aromatic nitrogens is 4. The van der Waals surface area contributed by atoms with Gasteiger partial charge >= 0.3 is 0 Å². The SMILES string of the molecule is Cn1cc(-c2ccnc(Nc3cccnc3)n2)c2ccccc21. The third kappa shape index (κ3) is 2.53. The van der Waals surface area contributed by atoms with Crippen molar-refractivity contribution in [2.24, 2.45) is 7.05 Å². The van der Waals surface area contributed by atoms with Crippen molar-refractivity contribution in [2.75, 3.05) is 5.32 Å². The van der Waals surface area contributed by atoms with Gasteiger partial charge in [-0.2, -0.15) is 0 Å². The van der Waals surface area contributed by atoms with Crippen molar-refractivity contribution in [1.29, 1.82) is 0 Å². The lowest BCUT2D eigenvalue weighted by Crippen LogP contribution is -1.97. The lowest BCUT2D eigenvalue weighted by atomic mass is 10.1. The van der Waals surface area contributed by atoms with E-state index in [2.05, 4.69) is 43.2 Å². The molecule has 0 fully saturated rings. The van der Waals surface area contributed by atoms with E-state index >= 15 is 0 Å². The molecule has 1 N–H and O–H groups in total. The zero-order chi connectivity index (χ0) is 15.6. The summed E-state index contributed by atoms with van der Waals surface area (Å²) in [4.78, 5) is 13.0. The molecule has 4 rings (SSSR count). The van der Waals surface area contributed by atoms with Crippen LogP contribution in [0.1, 0.15) is 0 Å². The summed E-state index contributed by atoms with van der Waals surface area (Å²) < 4.78 is 2.11. The van der Waals surface area contributed by atoms with Crippen LogP contribution in [0.4, 0.5) is 11.6 Å². The summed E-state index contributed by atoms with van der Waals surface area (Å²) in [7, 11) is 2.04. The average Bonchev–Trinajstić information content (AvgIpc) is 2.94. The van der Waals surface area contributed by atoms with Crippen LogP contribution in [0.25, 0.3) is 22.2 Å². The summed E-state index contributed by atoms with van der Waals surface area (Å²) in [5.41, 5.74) is 4.04. The predicted octanol–water partition coefficient (Wildman–Crippen LogP) is 3.77. The number of para-hydroxylation sites is 1. The number of hydrogen-bond acceptors (Lipinski definition) is 4. The second-order valence-electron chi connectivity index (χ2n) is 5.30. The quantitative estimate of drug-likeness (QED) is 0.626. The summed E-state index contributed by atoms with van der Waals surface area (Å²) in [6.45, 7) is 0. The third-order valence-electron chi connectivity index (χ3n) is 3.75. The van der Waals surface area contributed by atoms with E-state index in [4.69, 9.17) is 0 Å². The van der Waals surface area contributed by atoms with Gasteiger partial charge in [-0.1, -0.05) is 18.2 Å². The van der Waals surface area contributed by atoms with Gasteiger partial charge in [0.1, 0.15) is 0 Å². The molecule has 0 spiro atoms. The number of aryl methyl sites for hydroxylation is 1. The van der Waals surface area contributed by atoms with Gasteiger partial charge in [0.2, 0.25) is 5.95 Å². The summed E-state index contributed by atoms with van der Waals surface area (Å²) >= 11 is 0. The van der Waals surface area contributed by atoms with Gasteiger partial charge in [-0.15, -0.1) is 0 Å². The second kappa shape index (κ2) is 5.53. The first kappa shape index (κ1) is 13.5. The molecule has 0 radical (unpaired) electrons. The molecule has 23 heavy (non-hydrogen) atoms. The van der Waals surface area contributed by atoms with Crippen molar-refractivity contribution >= 4 is 22.5 Å². The third-order valence-corrected chi connectivity index (χ3v) is 3.75. The Kier molecular flexibility index (Phi) is 3.24. The van der Waals surface area contributed by atoms with Crippen LogP contribution in [0.2, 0.25) is 0 Å². The topological polar surface area (TPSA) is 55.6 Å². The Morgan fingerprint density at radius 3 is 2.78 bits per heavy atom. The van der Waals surface area contributed by atoms with Crippen molar-refractivity contribution in [3.63, 3.8) is 0 Å². The van der Waals surface area contributed by atoms with Gasteiger partial charge in [-0.05, 0) is 24.3 Å². The van der Waals surface area contributed by atoms with Crippen molar-refractivity contribution < 1.29 is 0 Å². The van der Waals surface area contributed by atoms with E-state index in [9.17, 15) is 0 Å². The highest BCUT2D eigenvalue weighted by Gasteiger charge is 2.10. The molecule has 112 valence electrons. The molecule has 0 amide bonds. The van der Waals surface area contributed by atoms with Crippen LogP contribution in [0.15, 0.2) is 67.3 Å². The van der Waals surface area contributed by atoms with Crippen LogP contribution in [0, 0.1) is 0 Å². The highest BCUT2D eigenvalue weighted by molar-refractivity contribution is 5.95. The Balaban J connectivity index is 1.76. The fraction of sp³-hybridized carbons (Fsp3) is 0.0556. The molecule has 3 heterocycles. The van der Waals surface area contributed by atoms with Gasteiger partial charge in [0, 0.05) is 42.1 Å². The smallest absolute Gasteiger partial charge is 0.227 e. The summed E-state index contributed by atoms with van der Waals surface area (Å²) in [5.74, 6) is 0.559. The number of pyridine rings is 1. The molecule has 3 aromatic heterocycles. The standard InChI is InChI=1S/C18H15N5/c1-23-12-15(14-6-2-3-7-17(14)23)16-8-10-20-18(22-16)21-13-5-4-9-19-11-13/h2-12H,1H3,(H,20,21,22). The Hall–Kier alpha value is -3.21. The summed E-state index contributed by atoms with van der Waals surface area (Å²) in [5, 5.41) is 4.36.